The zero-order chi connectivity index (χ0) is 14.9. The molecule has 0 bridgehead atoms. The van der Waals surface area contributed by atoms with Gasteiger partial charge in [0.25, 0.3) is 5.91 Å². The SMILES string of the molecule is COc1cc(Br)ccc1C(=O)N1CCC(N)C(C)(C)C1.Cl. The van der Waals surface area contributed by atoms with Gasteiger partial charge in [-0.05, 0) is 30.0 Å². The maximum absolute atomic E-state index is 12.7. The Kier molecular flexibility index (Phi) is 6.08. The number of halogens is 2. The van der Waals surface area contributed by atoms with E-state index in [2.05, 4.69) is 29.8 Å². The van der Waals surface area contributed by atoms with Crippen molar-refractivity contribution in [3.8, 4) is 5.75 Å². The van der Waals surface area contributed by atoms with Crippen LogP contribution in [0, 0.1) is 5.41 Å². The number of benzene rings is 1. The average molecular weight is 378 g/mol. The van der Waals surface area contributed by atoms with Crippen molar-refractivity contribution in [1.29, 1.82) is 0 Å². The predicted octanol–water partition coefficient (Wildman–Crippen LogP) is 3.08. The Morgan fingerprint density at radius 3 is 2.71 bits per heavy atom. The van der Waals surface area contributed by atoms with E-state index in [1.54, 1.807) is 13.2 Å². The second kappa shape index (κ2) is 6.99. The summed E-state index contributed by atoms with van der Waals surface area (Å²) >= 11 is 3.39. The van der Waals surface area contributed by atoms with Gasteiger partial charge in [-0.15, -0.1) is 12.4 Å². The van der Waals surface area contributed by atoms with Gasteiger partial charge in [-0.3, -0.25) is 4.79 Å². The van der Waals surface area contributed by atoms with E-state index in [0.29, 0.717) is 24.4 Å². The van der Waals surface area contributed by atoms with Gasteiger partial charge in [-0.2, -0.15) is 0 Å². The Bertz CT molecular complexity index is 522. The minimum absolute atomic E-state index is 0. The maximum atomic E-state index is 12.7. The lowest BCUT2D eigenvalue weighted by Gasteiger charge is -2.42. The van der Waals surface area contributed by atoms with Crippen molar-refractivity contribution in [1.82, 2.24) is 4.90 Å². The fourth-order valence-electron chi connectivity index (χ4n) is 2.56. The normalized spacial score (nSPS) is 20.6. The predicted molar refractivity (Wildman–Crippen MR) is 90.2 cm³/mol. The first kappa shape index (κ1) is 18.3. The molecule has 1 heterocycles. The van der Waals surface area contributed by atoms with Crippen LogP contribution in [-0.4, -0.2) is 37.0 Å². The third kappa shape index (κ3) is 3.90. The van der Waals surface area contributed by atoms with E-state index >= 15 is 0 Å². The molecule has 0 radical (unpaired) electrons. The van der Waals surface area contributed by atoms with Gasteiger partial charge in [0.05, 0.1) is 12.7 Å². The Morgan fingerprint density at radius 2 is 2.14 bits per heavy atom. The smallest absolute Gasteiger partial charge is 0.257 e. The van der Waals surface area contributed by atoms with Crippen LogP contribution in [0.2, 0.25) is 0 Å². The van der Waals surface area contributed by atoms with Crippen LogP contribution in [0.25, 0.3) is 0 Å². The molecular formula is C15H22BrClN2O2. The van der Waals surface area contributed by atoms with Crippen LogP contribution < -0.4 is 10.5 Å². The summed E-state index contributed by atoms with van der Waals surface area (Å²) in [6.07, 6.45) is 0.831. The largest absolute Gasteiger partial charge is 0.496 e. The highest BCUT2D eigenvalue weighted by Gasteiger charge is 2.36. The number of methoxy groups -OCH3 is 1. The average Bonchev–Trinajstić information content (AvgIpc) is 2.40. The van der Waals surface area contributed by atoms with E-state index in [-0.39, 0.29) is 29.8 Å². The van der Waals surface area contributed by atoms with Crippen LogP contribution in [0.4, 0.5) is 0 Å². The minimum Gasteiger partial charge on any atom is -0.496 e. The monoisotopic (exact) mass is 376 g/mol. The Hall–Kier alpha value is -0.780. The van der Waals surface area contributed by atoms with E-state index in [1.165, 1.54) is 0 Å². The quantitative estimate of drug-likeness (QED) is 0.861. The zero-order valence-electron chi connectivity index (χ0n) is 12.6. The standard InChI is InChI=1S/C15H21BrN2O2.ClH/c1-15(2)9-18(7-6-13(15)17)14(19)11-5-4-10(16)8-12(11)20-3;/h4-5,8,13H,6-7,9,17H2,1-3H3;1H. The fraction of sp³-hybridized carbons (Fsp3) is 0.533. The van der Waals surface area contributed by atoms with Crippen molar-refractivity contribution < 1.29 is 9.53 Å². The van der Waals surface area contributed by atoms with Gasteiger partial charge >= 0.3 is 0 Å². The van der Waals surface area contributed by atoms with Gasteiger partial charge in [0.15, 0.2) is 0 Å². The Labute approximate surface area is 140 Å². The van der Waals surface area contributed by atoms with E-state index in [4.69, 9.17) is 10.5 Å². The third-order valence-corrected chi connectivity index (χ3v) is 4.49. The molecule has 1 amide bonds. The molecule has 6 heteroatoms. The number of piperidine rings is 1. The molecule has 21 heavy (non-hydrogen) atoms. The lowest BCUT2D eigenvalue weighted by Crippen LogP contribution is -2.54. The highest BCUT2D eigenvalue weighted by molar-refractivity contribution is 9.10. The van der Waals surface area contributed by atoms with Gasteiger partial charge < -0.3 is 15.4 Å². The lowest BCUT2D eigenvalue weighted by molar-refractivity contribution is 0.0530. The second-order valence-electron chi connectivity index (χ2n) is 5.96. The molecule has 2 rings (SSSR count). The first-order chi connectivity index (χ1) is 9.35. The van der Waals surface area contributed by atoms with Gasteiger partial charge in [-0.1, -0.05) is 29.8 Å². The number of ether oxygens (including phenoxy) is 1. The zero-order valence-corrected chi connectivity index (χ0v) is 15.0. The van der Waals surface area contributed by atoms with Gasteiger partial charge in [0.2, 0.25) is 0 Å². The molecule has 1 fully saturated rings. The topological polar surface area (TPSA) is 55.6 Å². The summed E-state index contributed by atoms with van der Waals surface area (Å²) in [6, 6.07) is 5.61. The molecule has 0 saturated carbocycles. The van der Waals surface area contributed by atoms with E-state index in [1.807, 2.05) is 17.0 Å². The maximum Gasteiger partial charge on any atom is 0.257 e. The highest BCUT2D eigenvalue weighted by Crippen LogP contribution is 2.31. The molecule has 1 aliphatic rings. The molecule has 1 aromatic carbocycles. The van der Waals surface area contributed by atoms with Crippen LogP contribution in [0.5, 0.6) is 5.75 Å². The second-order valence-corrected chi connectivity index (χ2v) is 6.87. The van der Waals surface area contributed by atoms with Crippen LogP contribution in [0.1, 0.15) is 30.6 Å². The number of nitrogens with zero attached hydrogens (tertiary/aromatic N) is 1. The van der Waals surface area contributed by atoms with Crippen LogP contribution in [0.3, 0.4) is 0 Å². The van der Waals surface area contributed by atoms with Gasteiger partial charge in [0, 0.05) is 23.6 Å². The molecule has 0 spiro atoms. The molecule has 0 aromatic heterocycles. The third-order valence-electron chi connectivity index (χ3n) is 3.99. The van der Waals surface area contributed by atoms with Crippen LogP contribution >= 0.6 is 28.3 Å². The van der Waals surface area contributed by atoms with E-state index < -0.39 is 0 Å². The summed E-state index contributed by atoms with van der Waals surface area (Å²) in [5.74, 6) is 0.603. The summed E-state index contributed by atoms with van der Waals surface area (Å²) in [6.45, 7) is 5.58. The number of carbonyl (C=O) groups is 1. The highest BCUT2D eigenvalue weighted by atomic mass is 79.9. The number of rotatable bonds is 2. The summed E-state index contributed by atoms with van der Waals surface area (Å²) in [4.78, 5) is 14.5. The minimum atomic E-state index is -0.0590. The number of likely N-dealkylation sites (tertiary alicyclic amines) is 1. The van der Waals surface area contributed by atoms with E-state index in [0.717, 1.165) is 10.9 Å². The molecule has 118 valence electrons. The Morgan fingerprint density at radius 1 is 1.48 bits per heavy atom. The number of carbonyl (C=O) groups excluding carboxylic acids is 1. The van der Waals surface area contributed by atoms with Crippen molar-refractivity contribution in [3.05, 3.63) is 28.2 Å². The molecule has 4 nitrogen and oxygen atoms in total. The molecule has 1 atom stereocenters. The number of hydrogen-bond acceptors (Lipinski definition) is 3. The lowest BCUT2D eigenvalue weighted by atomic mass is 9.79. The van der Waals surface area contributed by atoms with Crippen LogP contribution in [0.15, 0.2) is 22.7 Å². The van der Waals surface area contributed by atoms with Crippen molar-refractivity contribution in [2.24, 2.45) is 11.1 Å². The molecule has 1 aromatic rings. The van der Waals surface area contributed by atoms with Crippen molar-refractivity contribution in [2.75, 3.05) is 20.2 Å². The summed E-state index contributed by atoms with van der Waals surface area (Å²) in [7, 11) is 1.58. The number of hydrogen-bond donors (Lipinski definition) is 1. The summed E-state index contributed by atoms with van der Waals surface area (Å²) < 4.78 is 6.20. The first-order valence-corrected chi connectivity index (χ1v) is 7.53. The number of amides is 1. The molecule has 1 saturated heterocycles. The van der Waals surface area contributed by atoms with Crippen molar-refractivity contribution in [2.45, 2.75) is 26.3 Å². The Balaban J connectivity index is 0.00000220. The van der Waals surface area contributed by atoms with Crippen molar-refractivity contribution in [3.63, 3.8) is 0 Å². The number of nitrogens with two attached hydrogens (primary N) is 1. The summed E-state index contributed by atoms with van der Waals surface area (Å²) in [5.41, 5.74) is 6.66. The molecule has 1 unspecified atom stereocenters. The van der Waals surface area contributed by atoms with Gasteiger partial charge in [-0.25, -0.2) is 0 Å². The molecule has 2 N–H and O–H groups in total. The fourth-order valence-corrected chi connectivity index (χ4v) is 2.90. The summed E-state index contributed by atoms with van der Waals surface area (Å²) in [5, 5.41) is 0. The molecular weight excluding hydrogens is 356 g/mol. The van der Waals surface area contributed by atoms with Crippen molar-refractivity contribution >= 4 is 34.2 Å². The van der Waals surface area contributed by atoms with E-state index in [9.17, 15) is 4.79 Å². The first-order valence-electron chi connectivity index (χ1n) is 6.73. The molecule has 1 aliphatic heterocycles. The van der Waals surface area contributed by atoms with Gasteiger partial charge in [0.1, 0.15) is 5.75 Å². The molecule has 0 aliphatic carbocycles. The van der Waals surface area contributed by atoms with Crippen LogP contribution in [-0.2, 0) is 0 Å².